The lowest BCUT2D eigenvalue weighted by Crippen LogP contribution is -2.25. The fraction of sp³-hybridized carbons (Fsp3) is 0.923. The van der Waals surface area contributed by atoms with Crippen molar-refractivity contribution in [2.75, 3.05) is 0 Å². The van der Waals surface area contributed by atoms with Crippen LogP contribution in [0.2, 0.25) is 0 Å². The molecule has 0 spiro atoms. The zero-order valence-corrected chi connectivity index (χ0v) is 11.1. The van der Waals surface area contributed by atoms with Crippen LogP contribution in [0.3, 0.4) is 0 Å². The lowest BCUT2D eigenvalue weighted by atomic mass is 9.83. The molecule has 0 aromatic carbocycles. The zero-order chi connectivity index (χ0) is 12.1. The van der Waals surface area contributed by atoms with Gasteiger partial charge in [-0.15, -0.1) is 0 Å². The van der Waals surface area contributed by atoms with Crippen LogP contribution >= 0.6 is 0 Å². The van der Waals surface area contributed by atoms with Crippen LogP contribution in [0, 0.1) is 11.3 Å². The first-order valence-electron chi connectivity index (χ1n) is 5.99. The molecular formula is C13H26O2. The fourth-order valence-electron chi connectivity index (χ4n) is 1.93. The molecule has 0 amide bonds. The fourth-order valence-corrected chi connectivity index (χ4v) is 1.93. The second kappa shape index (κ2) is 6.14. The Morgan fingerprint density at radius 1 is 1.27 bits per heavy atom. The van der Waals surface area contributed by atoms with E-state index in [9.17, 15) is 4.79 Å². The zero-order valence-electron chi connectivity index (χ0n) is 11.1. The summed E-state index contributed by atoms with van der Waals surface area (Å²) < 4.78 is 5.36. The summed E-state index contributed by atoms with van der Waals surface area (Å²) in [6.07, 6.45) is 3.33. The van der Waals surface area contributed by atoms with Gasteiger partial charge in [0.1, 0.15) is 0 Å². The Balaban J connectivity index is 4.02. The Morgan fingerprint density at radius 2 is 1.80 bits per heavy atom. The maximum Gasteiger partial charge on any atom is 0.308 e. The van der Waals surface area contributed by atoms with Crippen LogP contribution in [0.4, 0.5) is 0 Å². The van der Waals surface area contributed by atoms with Crippen LogP contribution in [0.15, 0.2) is 0 Å². The van der Waals surface area contributed by atoms with Crippen molar-refractivity contribution in [1.29, 1.82) is 0 Å². The van der Waals surface area contributed by atoms with Crippen molar-refractivity contribution < 1.29 is 9.53 Å². The molecule has 2 heteroatoms. The summed E-state index contributed by atoms with van der Waals surface area (Å²) in [4.78, 5) is 11.4. The number of hydrogen-bond acceptors (Lipinski definition) is 2. The van der Waals surface area contributed by atoms with Crippen molar-refractivity contribution in [2.45, 2.75) is 66.9 Å². The molecule has 0 rings (SSSR count). The topological polar surface area (TPSA) is 26.3 Å². The van der Waals surface area contributed by atoms with Crippen LogP contribution < -0.4 is 0 Å². The average Bonchev–Trinajstić information content (AvgIpc) is 2.01. The van der Waals surface area contributed by atoms with Crippen LogP contribution in [-0.4, -0.2) is 12.1 Å². The van der Waals surface area contributed by atoms with Gasteiger partial charge in [0.25, 0.3) is 0 Å². The number of hydrogen-bond donors (Lipinski definition) is 0. The number of ether oxygens (including phenoxy) is 1. The third-order valence-electron chi connectivity index (χ3n) is 2.56. The summed E-state index contributed by atoms with van der Waals surface area (Å²) in [7, 11) is 0. The van der Waals surface area contributed by atoms with Gasteiger partial charge in [0, 0.05) is 0 Å². The van der Waals surface area contributed by atoms with E-state index in [1.165, 1.54) is 12.8 Å². The van der Waals surface area contributed by atoms with Crippen LogP contribution in [0.1, 0.15) is 60.8 Å². The van der Waals surface area contributed by atoms with E-state index in [-0.39, 0.29) is 23.4 Å². The molecule has 15 heavy (non-hydrogen) atoms. The van der Waals surface area contributed by atoms with Crippen molar-refractivity contribution >= 4 is 5.97 Å². The standard InChI is InChI=1S/C13H26O2/c1-7-8-13(5,6)9-11(4)15-12(14)10(2)3/h10-11H,7-9H2,1-6H3/t11-/m0/s1. The predicted octanol–water partition coefficient (Wildman–Crippen LogP) is 3.79. The van der Waals surface area contributed by atoms with Crippen LogP contribution in [-0.2, 0) is 9.53 Å². The normalized spacial score (nSPS) is 14.1. The number of carbonyl (C=O) groups is 1. The average molecular weight is 214 g/mol. The lowest BCUT2D eigenvalue weighted by Gasteiger charge is -2.27. The van der Waals surface area contributed by atoms with Gasteiger partial charge in [-0.2, -0.15) is 0 Å². The first kappa shape index (κ1) is 14.5. The highest BCUT2D eigenvalue weighted by Gasteiger charge is 2.22. The smallest absolute Gasteiger partial charge is 0.308 e. The number of rotatable bonds is 6. The van der Waals surface area contributed by atoms with E-state index in [1.807, 2.05) is 20.8 Å². The van der Waals surface area contributed by atoms with Gasteiger partial charge in [0.2, 0.25) is 0 Å². The van der Waals surface area contributed by atoms with Crippen LogP contribution in [0.25, 0.3) is 0 Å². The molecule has 0 aliphatic carbocycles. The largest absolute Gasteiger partial charge is 0.462 e. The van der Waals surface area contributed by atoms with E-state index in [1.54, 1.807) is 0 Å². The van der Waals surface area contributed by atoms with Gasteiger partial charge in [-0.25, -0.2) is 0 Å². The maximum absolute atomic E-state index is 11.4. The maximum atomic E-state index is 11.4. The van der Waals surface area contributed by atoms with Crippen molar-refractivity contribution in [3.05, 3.63) is 0 Å². The Hall–Kier alpha value is -0.530. The molecule has 0 bridgehead atoms. The number of esters is 1. The molecule has 1 atom stereocenters. The van der Waals surface area contributed by atoms with Gasteiger partial charge in [-0.05, 0) is 25.2 Å². The van der Waals surface area contributed by atoms with E-state index >= 15 is 0 Å². The van der Waals surface area contributed by atoms with E-state index < -0.39 is 0 Å². The third-order valence-corrected chi connectivity index (χ3v) is 2.56. The van der Waals surface area contributed by atoms with Gasteiger partial charge in [0.15, 0.2) is 0 Å². The first-order chi connectivity index (χ1) is 6.78. The number of carbonyl (C=O) groups excluding carboxylic acids is 1. The van der Waals surface area contributed by atoms with Gasteiger partial charge in [-0.3, -0.25) is 4.79 Å². The van der Waals surface area contributed by atoms with Gasteiger partial charge in [-0.1, -0.05) is 41.0 Å². The minimum absolute atomic E-state index is 0.0262. The highest BCUT2D eigenvalue weighted by molar-refractivity contribution is 5.71. The second-order valence-corrected chi connectivity index (χ2v) is 5.52. The third kappa shape index (κ3) is 6.53. The van der Waals surface area contributed by atoms with Crippen molar-refractivity contribution in [3.63, 3.8) is 0 Å². The van der Waals surface area contributed by atoms with E-state index in [4.69, 9.17) is 4.74 Å². The molecular weight excluding hydrogens is 188 g/mol. The molecule has 0 saturated heterocycles. The molecule has 0 aliphatic rings. The van der Waals surface area contributed by atoms with E-state index in [0.29, 0.717) is 0 Å². The molecule has 0 aromatic heterocycles. The molecule has 0 heterocycles. The first-order valence-corrected chi connectivity index (χ1v) is 5.99. The highest BCUT2D eigenvalue weighted by atomic mass is 16.5. The van der Waals surface area contributed by atoms with Gasteiger partial charge >= 0.3 is 5.97 Å². The van der Waals surface area contributed by atoms with Crippen molar-refractivity contribution in [1.82, 2.24) is 0 Å². The molecule has 0 aliphatic heterocycles. The SMILES string of the molecule is CCCC(C)(C)C[C@H](C)OC(=O)C(C)C. The van der Waals surface area contributed by atoms with E-state index in [2.05, 4.69) is 20.8 Å². The monoisotopic (exact) mass is 214 g/mol. The molecule has 2 nitrogen and oxygen atoms in total. The minimum Gasteiger partial charge on any atom is -0.462 e. The molecule has 90 valence electrons. The Labute approximate surface area is 94.4 Å². The molecule has 0 N–H and O–H groups in total. The second-order valence-electron chi connectivity index (χ2n) is 5.52. The summed E-state index contributed by atoms with van der Waals surface area (Å²) in [5.41, 5.74) is 0.269. The summed E-state index contributed by atoms with van der Waals surface area (Å²) in [5, 5.41) is 0. The van der Waals surface area contributed by atoms with Gasteiger partial charge < -0.3 is 4.74 Å². The van der Waals surface area contributed by atoms with Crippen molar-refractivity contribution in [2.24, 2.45) is 11.3 Å². The molecule has 0 unspecified atom stereocenters. The Kier molecular flexibility index (Phi) is 5.92. The molecule has 0 aromatic rings. The summed E-state index contributed by atoms with van der Waals surface area (Å²) in [6, 6.07) is 0. The van der Waals surface area contributed by atoms with Crippen LogP contribution in [0.5, 0.6) is 0 Å². The summed E-state index contributed by atoms with van der Waals surface area (Å²) >= 11 is 0. The quantitative estimate of drug-likeness (QED) is 0.629. The minimum atomic E-state index is -0.0881. The predicted molar refractivity (Wildman–Crippen MR) is 63.7 cm³/mol. The molecule has 0 saturated carbocycles. The Morgan fingerprint density at radius 3 is 2.20 bits per heavy atom. The van der Waals surface area contributed by atoms with Gasteiger partial charge in [0.05, 0.1) is 12.0 Å². The van der Waals surface area contributed by atoms with E-state index in [0.717, 1.165) is 6.42 Å². The van der Waals surface area contributed by atoms with Crippen molar-refractivity contribution in [3.8, 4) is 0 Å². The molecule has 0 radical (unpaired) electrons. The lowest BCUT2D eigenvalue weighted by molar-refractivity contribution is -0.153. The molecule has 0 fully saturated rings. The summed E-state index contributed by atoms with van der Waals surface area (Å²) in [6.45, 7) is 12.4. The summed E-state index contributed by atoms with van der Waals surface area (Å²) in [5.74, 6) is -0.114. The highest BCUT2D eigenvalue weighted by Crippen LogP contribution is 2.29. The Bertz CT molecular complexity index is 195.